The number of nitrogens with two attached hydrogens (primary N) is 1. The Morgan fingerprint density at radius 1 is 1.26 bits per heavy atom. The molecule has 2 bridgehead atoms. The zero-order chi connectivity index (χ0) is 19.4. The Hall–Kier alpha value is -1.63. The molecule has 3 rings (SSSR count). The van der Waals surface area contributed by atoms with E-state index in [1.54, 1.807) is 25.3 Å². The lowest BCUT2D eigenvalue weighted by atomic mass is 9.65. The minimum Gasteiger partial charge on any atom is -0.383 e. The molecule has 2 fully saturated rings. The normalized spacial score (nSPS) is 27.1. The number of halogens is 1. The number of amides is 2. The predicted octanol–water partition coefficient (Wildman–Crippen LogP) is 2.81. The number of nitrogens with one attached hydrogen (secondary N) is 2. The van der Waals surface area contributed by atoms with Crippen LogP contribution in [-0.4, -0.2) is 38.1 Å². The van der Waals surface area contributed by atoms with Gasteiger partial charge >= 0.3 is 0 Å². The van der Waals surface area contributed by atoms with E-state index in [-0.39, 0.29) is 23.8 Å². The minimum atomic E-state index is -0.260. The van der Waals surface area contributed by atoms with Crippen LogP contribution in [0.2, 0.25) is 5.02 Å². The van der Waals surface area contributed by atoms with Crippen molar-refractivity contribution in [3.05, 3.63) is 28.8 Å². The number of hydrogen-bond acceptors (Lipinski definition) is 4. The number of ether oxygens (including phenoxy) is 1. The van der Waals surface area contributed by atoms with E-state index in [0.717, 1.165) is 25.7 Å². The van der Waals surface area contributed by atoms with Gasteiger partial charge in [-0.15, -0.1) is 0 Å². The van der Waals surface area contributed by atoms with Crippen LogP contribution >= 0.6 is 11.6 Å². The zero-order valence-corrected chi connectivity index (χ0v) is 16.4. The number of hydrogen-bond donors (Lipinski definition) is 3. The zero-order valence-electron chi connectivity index (χ0n) is 15.7. The molecule has 6 nitrogen and oxygen atoms in total. The smallest absolute Gasteiger partial charge is 0.252 e. The van der Waals surface area contributed by atoms with Gasteiger partial charge < -0.3 is 21.1 Å². The molecule has 2 aliphatic carbocycles. The Bertz CT molecular complexity index is 683. The standard InChI is InChI=1S/C20H28ClN3O3/c1-27-8-7-23-20(26)16-6-5-15(11-17(16)21)24-19(25)14-9-12-3-2-4-13(10-14)18(12)22/h5-6,11-14,18H,2-4,7-10,22H2,1H3,(H,23,26)(H,24,25). The molecule has 7 heteroatoms. The van der Waals surface area contributed by atoms with Crippen LogP contribution in [-0.2, 0) is 9.53 Å². The van der Waals surface area contributed by atoms with Crippen LogP contribution in [0.15, 0.2) is 18.2 Å². The molecule has 0 saturated heterocycles. The topological polar surface area (TPSA) is 93.5 Å². The average molecular weight is 394 g/mol. The Kier molecular flexibility index (Phi) is 6.73. The highest BCUT2D eigenvalue weighted by atomic mass is 35.5. The van der Waals surface area contributed by atoms with E-state index in [2.05, 4.69) is 10.6 Å². The molecule has 2 amide bonds. The molecule has 2 unspecified atom stereocenters. The summed E-state index contributed by atoms with van der Waals surface area (Å²) in [6.07, 6.45) is 5.19. The Morgan fingerprint density at radius 3 is 2.59 bits per heavy atom. The first-order chi connectivity index (χ1) is 13.0. The molecular weight excluding hydrogens is 366 g/mol. The van der Waals surface area contributed by atoms with Gasteiger partial charge in [0, 0.05) is 31.3 Å². The lowest BCUT2D eigenvalue weighted by molar-refractivity contribution is -0.122. The summed E-state index contributed by atoms with van der Waals surface area (Å²) < 4.78 is 4.91. The highest BCUT2D eigenvalue weighted by Gasteiger charge is 2.40. The second-order valence-electron chi connectivity index (χ2n) is 7.63. The Balaban J connectivity index is 1.60. The summed E-state index contributed by atoms with van der Waals surface area (Å²) in [5.74, 6) is 0.664. The maximum atomic E-state index is 12.7. The Morgan fingerprint density at radius 2 is 1.96 bits per heavy atom. The van der Waals surface area contributed by atoms with Gasteiger partial charge in [0.05, 0.1) is 17.2 Å². The van der Waals surface area contributed by atoms with Gasteiger partial charge in [0.25, 0.3) is 5.91 Å². The van der Waals surface area contributed by atoms with Gasteiger partial charge in [-0.3, -0.25) is 9.59 Å². The van der Waals surface area contributed by atoms with Crippen molar-refractivity contribution in [2.75, 3.05) is 25.6 Å². The van der Waals surface area contributed by atoms with Crippen LogP contribution in [0, 0.1) is 17.8 Å². The summed E-state index contributed by atoms with van der Waals surface area (Å²) in [6.45, 7) is 0.848. The van der Waals surface area contributed by atoms with E-state index in [4.69, 9.17) is 22.1 Å². The summed E-state index contributed by atoms with van der Waals surface area (Å²) in [7, 11) is 1.57. The van der Waals surface area contributed by atoms with Gasteiger partial charge in [-0.2, -0.15) is 0 Å². The Labute approximate surface area is 165 Å². The van der Waals surface area contributed by atoms with Crippen LogP contribution < -0.4 is 16.4 Å². The first-order valence-electron chi connectivity index (χ1n) is 9.62. The van der Waals surface area contributed by atoms with Crippen molar-refractivity contribution >= 4 is 29.1 Å². The fourth-order valence-corrected chi connectivity index (χ4v) is 4.65. The van der Waals surface area contributed by atoms with E-state index in [0.29, 0.717) is 41.3 Å². The largest absolute Gasteiger partial charge is 0.383 e. The number of rotatable bonds is 6. The number of fused-ring (bicyclic) bond motifs is 2. The fourth-order valence-electron chi connectivity index (χ4n) is 4.39. The molecule has 4 N–H and O–H groups in total. The summed E-state index contributed by atoms with van der Waals surface area (Å²) in [6, 6.07) is 5.21. The van der Waals surface area contributed by atoms with Crippen molar-refractivity contribution < 1.29 is 14.3 Å². The van der Waals surface area contributed by atoms with Crippen molar-refractivity contribution in [2.24, 2.45) is 23.5 Å². The van der Waals surface area contributed by atoms with E-state index >= 15 is 0 Å². The molecular formula is C20H28ClN3O3. The number of benzene rings is 1. The molecule has 27 heavy (non-hydrogen) atoms. The van der Waals surface area contributed by atoms with Crippen molar-refractivity contribution in [3.8, 4) is 0 Å². The molecule has 1 aromatic rings. The third kappa shape index (κ3) is 4.81. The maximum absolute atomic E-state index is 12.7. The van der Waals surface area contributed by atoms with Gasteiger partial charge in [-0.05, 0) is 55.7 Å². The van der Waals surface area contributed by atoms with Gasteiger partial charge in [0.15, 0.2) is 0 Å². The number of methoxy groups -OCH3 is 1. The second-order valence-corrected chi connectivity index (χ2v) is 8.04. The molecule has 0 aromatic heterocycles. The lowest BCUT2D eigenvalue weighted by Crippen LogP contribution is -2.48. The summed E-state index contributed by atoms with van der Waals surface area (Å²) in [5, 5.41) is 6.00. The van der Waals surface area contributed by atoms with Crippen molar-refractivity contribution in [1.82, 2.24) is 5.32 Å². The van der Waals surface area contributed by atoms with E-state index < -0.39 is 0 Å². The molecule has 1 aromatic carbocycles. The summed E-state index contributed by atoms with van der Waals surface area (Å²) >= 11 is 6.24. The molecule has 0 heterocycles. The monoisotopic (exact) mass is 393 g/mol. The van der Waals surface area contributed by atoms with Crippen LogP contribution in [0.5, 0.6) is 0 Å². The number of carbonyl (C=O) groups excluding carboxylic acids is 2. The molecule has 0 aliphatic heterocycles. The third-order valence-electron chi connectivity index (χ3n) is 5.86. The molecule has 0 spiro atoms. The van der Waals surface area contributed by atoms with Gasteiger partial charge in [0.2, 0.25) is 5.91 Å². The number of carbonyl (C=O) groups is 2. The first-order valence-corrected chi connectivity index (χ1v) is 10.0. The van der Waals surface area contributed by atoms with Crippen LogP contribution in [0.3, 0.4) is 0 Å². The van der Waals surface area contributed by atoms with Crippen LogP contribution in [0.25, 0.3) is 0 Å². The van der Waals surface area contributed by atoms with Crippen molar-refractivity contribution in [2.45, 2.75) is 38.1 Å². The first kappa shape index (κ1) is 20.1. The van der Waals surface area contributed by atoms with E-state index in [9.17, 15) is 9.59 Å². The number of anilines is 1. The molecule has 148 valence electrons. The molecule has 0 radical (unpaired) electrons. The highest BCUT2D eigenvalue weighted by Crippen LogP contribution is 2.42. The van der Waals surface area contributed by atoms with Crippen LogP contribution in [0.4, 0.5) is 5.69 Å². The lowest BCUT2D eigenvalue weighted by Gasteiger charge is -2.43. The average Bonchev–Trinajstić information content (AvgIpc) is 2.61. The summed E-state index contributed by atoms with van der Waals surface area (Å²) in [5.41, 5.74) is 7.30. The van der Waals surface area contributed by atoms with Crippen LogP contribution in [0.1, 0.15) is 42.5 Å². The minimum absolute atomic E-state index is 0.00380. The SMILES string of the molecule is COCCNC(=O)c1ccc(NC(=O)C2CC3CCCC(C2)C3N)cc1Cl. The van der Waals surface area contributed by atoms with Gasteiger partial charge in [0.1, 0.15) is 0 Å². The molecule has 2 aliphatic rings. The maximum Gasteiger partial charge on any atom is 0.252 e. The third-order valence-corrected chi connectivity index (χ3v) is 6.17. The highest BCUT2D eigenvalue weighted by molar-refractivity contribution is 6.34. The summed E-state index contributed by atoms with van der Waals surface area (Å²) in [4.78, 5) is 24.8. The fraction of sp³-hybridized carbons (Fsp3) is 0.600. The van der Waals surface area contributed by atoms with Crippen molar-refractivity contribution in [3.63, 3.8) is 0 Å². The van der Waals surface area contributed by atoms with E-state index in [1.807, 2.05) is 0 Å². The van der Waals surface area contributed by atoms with Crippen molar-refractivity contribution in [1.29, 1.82) is 0 Å². The van der Waals surface area contributed by atoms with E-state index in [1.165, 1.54) is 6.42 Å². The van der Waals surface area contributed by atoms with Gasteiger partial charge in [-0.1, -0.05) is 18.0 Å². The molecule has 2 atom stereocenters. The quantitative estimate of drug-likeness (QED) is 0.648. The predicted molar refractivity (Wildman–Crippen MR) is 106 cm³/mol. The van der Waals surface area contributed by atoms with Gasteiger partial charge in [-0.25, -0.2) is 0 Å². The molecule has 2 saturated carbocycles. The second kappa shape index (κ2) is 9.04.